The molecule has 1 aromatic carbocycles. The molecule has 3 rings (SSSR count). The van der Waals surface area contributed by atoms with Gasteiger partial charge in [-0.3, -0.25) is 0 Å². The number of aryl methyl sites for hydroxylation is 1. The molecule has 158 valence electrons. The number of benzene rings is 1. The summed E-state index contributed by atoms with van der Waals surface area (Å²) in [7, 11) is 4.92. The fraction of sp³-hybridized carbons (Fsp3) is 0.500. The van der Waals surface area contributed by atoms with Crippen LogP contribution in [0.5, 0.6) is 17.2 Å². The van der Waals surface area contributed by atoms with Crippen molar-refractivity contribution in [3.8, 4) is 17.2 Å². The second-order valence-corrected chi connectivity index (χ2v) is 6.89. The second-order valence-electron chi connectivity index (χ2n) is 6.89. The summed E-state index contributed by atoms with van der Waals surface area (Å²) in [5.41, 5.74) is 1.46. The monoisotopic (exact) mass is 403 g/mol. The lowest BCUT2D eigenvalue weighted by Crippen LogP contribution is -2.43. The van der Waals surface area contributed by atoms with Crippen LogP contribution in [0, 0.1) is 6.92 Å². The van der Waals surface area contributed by atoms with Gasteiger partial charge < -0.3 is 34.9 Å². The molecule has 9 nitrogen and oxygen atoms in total. The molecule has 29 heavy (non-hydrogen) atoms. The minimum Gasteiger partial charge on any atom is -0.493 e. The third-order valence-electron chi connectivity index (χ3n) is 4.69. The predicted molar refractivity (Wildman–Crippen MR) is 112 cm³/mol. The Balaban J connectivity index is 1.80. The largest absolute Gasteiger partial charge is 0.493 e. The average Bonchev–Trinajstić information content (AvgIpc) is 2.68. The van der Waals surface area contributed by atoms with Crippen LogP contribution in [-0.4, -0.2) is 73.6 Å². The lowest BCUT2D eigenvalue weighted by Gasteiger charge is -2.32. The lowest BCUT2D eigenvalue weighted by atomic mass is 10.2. The van der Waals surface area contributed by atoms with E-state index in [1.165, 1.54) is 6.42 Å². The van der Waals surface area contributed by atoms with E-state index in [-0.39, 0.29) is 6.61 Å². The summed E-state index contributed by atoms with van der Waals surface area (Å²) in [5, 5.41) is 16.5. The van der Waals surface area contributed by atoms with E-state index in [1.54, 1.807) is 27.3 Å². The summed E-state index contributed by atoms with van der Waals surface area (Å²) in [6, 6.07) is 5.44. The van der Waals surface area contributed by atoms with Gasteiger partial charge in [-0.05, 0) is 38.6 Å². The number of rotatable bonds is 10. The topological polar surface area (TPSA) is 101 Å². The first kappa shape index (κ1) is 20.9. The summed E-state index contributed by atoms with van der Waals surface area (Å²) in [4.78, 5) is 11.0. The molecule has 2 aromatic rings. The number of methoxy groups -OCH3 is 2. The Labute approximate surface area is 171 Å². The number of ether oxygens (including phenoxy) is 3. The van der Waals surface area contributed by atoms with Crippen molar-refractivity contribution >= 4 is 17.5 Å². The van der Waals surface area contributed by atoms with Crippen molar-refractivity contribution in [2.45, 2.75) is 19.4 Å². The van der Waals surface area contributed by atoms with Gasteiger partial charge >= 0.3 is 0 Å². The summed E-state index contributed by atoms with van der Waals surface area (Å²) in [5.74, 6) is 2.53. The van der Waals surface area contributed by atoms with Gasteiger partial charge in [-0.1, -0.05) is 0 Å². The van der Waals surface area contributed by atoms with Gasteiger partial charge in [0.2, 0.25) is 11.7 Å². The molecule has 1 aliphatic rings. The van der Waals surface area contributed by atoms with Crippen molar-refractivity contribution in [3.63, 3.8) is 0 Å². The Hall–Kier alpha value is -2.78. The molecule has 0 saturated carbocycles. The SMILES string of the molecule is CNc1cc(C)nc(Nc2ccc(OC)c(OC[C@H](O)CN3CCC3)c2OC)n1. The number of hydrogen-bond acceptors (Lipinski definition) is 9. The molecule has 1 aliphatic heterocycles. The zero-order valence-corrected chi connectivity index (χ0v) is 17.4. The van der Waals surface area contributed by atoms with E-state index in [4.69, 9.17) is 14.2 Å². The molecule has 0 amide bonds. The second kappa shape index (κ2) is 9.62. The Morgan fingerprint density at radius 3 is 2.59 bits per heavy atom. The third kappa shape index (κ3) is 5.18. The molecule has 9 heteroatoms. The Bertz CT molecular complexity index is 829. The van der Waals surface area contributed by atoms with E-state index < -0.39 is 6.10 Å². The fourth-order valence-corrected chi connectivity index (χ4v) is 3.11. The van der Waals surface area contributed by atoms with E-state index in [9.17, 15) is 5.11 Å². The zero-order valence-electron chi connectivity index (χ0n) is 17.4. The van der Waals surface area contributed by atoms with Crippen LogP contribution < -0.4 is 24.8 Å². The Morgan fingerprint density at radius 2 is 1.97 bits per heavy atom. The fourth-order valence-electron chi connectivity index (χ4n) is 3.11. The maximum atomic E-state index is 10.3. The maximum absolute atomic E-state index is 10.3. The summed E-state index contributed by atoms with van der Waals surface area (Å²) in [6.45, 7) is 4.67. The van der Waals surface area contributed by atoms with Crippen molar-refractivity contribution < 1.29 is 19.3 Å². The maximum Gasteiger partial charge on any atom is 0.229 e. The van der Waals surface area contributed by atoms with Crippen LogP contribution in [0.3, 0.4) is 0 Å². The summed E-state index contributed by atoms with van der Waals surface area (Å²) >= 11 is 0. The highest BCUT2D eigenvalue weighted by molar-refractivity contribution is 5.71. The average molecular weight is 403 g/mol. The highest BCUT2D eigenvalue weighted by Crippen LogP contribution is 2.43. The normalized spacial score (nSPS) is 14.7. The number of aliphatic hydroxyl groups excluding tert-OH is 1. The molecule has 1 atom stereocenters. The van der Waals surface area contributed by atoms with Crippen LogP contribution in [0.25, 0.3) is 0 Å². The van der Waals surface area contributed by atoms with E-state index in [0.717, 1.165) is 18.8 Å². The van der Waals surface area contributed by atoms with Crippen molar-refractivity contribution in [2.75, 3.05) is 58.1 Å². The summed E-state index contributed by atoms with van der Waals surface area (Å²) in [6.07, 6.45) is 0.582. The zero-order chi connectivity index (χ0) is 20.8. The number of anilines is 3. The minimum atomic E-state index is -0.598. The molecular weight excluding hydrogens is 374 g/mol. The van der Waals surface area contributed by atoms with Gasteiger partial charge in [0.1, 0.15) is 18.5 Å². The van der Waals surface area contributed by atoms with Gasteiger partial charge in [0.05, 0.1) is 19.9 Å². The molecule has 0 aliphatic carbocycles. The number of likely N-dealkylation sites (tertiary alicyclic amines) is 1. The minimum absolute atomic E-state index is 0.136. The van der Waals surface area contributed by atoms with Crippen molar-refractivity contribution in [2.24, 2.45) is 0 Å². The van der Waals surface area contributed by atoms with E-state index in [2.05, 4.69) is 25.5 Å². The molecular formula is C20H29N5O4. The van der Waals surface area contributed by atoms with Gasteiger partial charge in [-0.2, -0.15) is 4.98 Å². The van der Waals surface area contributed by atoms with E-state index in [0.29, 0.717) is 41.2 Å². The first-order valence-corrected chi connectivity index (χ1v) is 9.62. The quantitative estimate of drug-likeness (QED) is 0.550. The molecule has 3 N–H and O–H groups in total. The number of aromatic nitrogens is 2. The highest BCUT2D eigenvalue weighted by Gasteiger charge is 2.21. The third-order valence-corrected chi connectivity index (χ3v) is 4.69. The molecule has 1 fully saturated rings. The summed E-state index contributed by atoms with van der Waals surface area (Å²) < 4.78 is 16.9. The molecule has 2 heterocycles. The number of aliphatic hydroxyl groups is 1. The van der Waals surface area contributed by atoms with Gasteiger partial charge in [0, 0.05) is 25.4 Å². The van der Waals surface area contributed by atoms with Crippen molar-refractivity contribution in [1.82, 2.24) is 14.9 Å². The van der Waals surface area contributed by atoms with Gasteiger partial charge in [0.25, 0.3) is 0 Å². The lowest BCUT2D eigenvalue weighted by molar-refractivity contribution is 0.0453. The first-order valence-electron chi connectivity index (χ1n) is 9.62. The molecule has 0 spiro atoms. The number of hydrogen-bond donors (Lipinski definition) is 3. The van der Waals surface area contributed by atoms with Gasteiger partial charge in [-0.25, -0.2) is 4.98 Å². The number of nitrogens with zero attached hydrogens (tertiary/aromatic N) is 3. The molecule has 0 unspecified atom stereocenters. The van der Waals surface area contributed by atoms with Crippen LogP contribution in [0.15, 0.2) is 18.2 Å². The molecule has 0 radical (unpaired) electrons. The van der Waals surface area contributed by atoms with Gasteiger partial charge in [-0.15, -0.1) is 0 Å². The van der Waals surface area contributed by atoms with Crippen molar-refractivity contribution in [1.29, 1.82) is 0 Å². The molecule has 1 aromatic heterocycles. The Kier molecular flexibility index (Phi) is 6.95. The van der Waals surface area contributed by atoms with Crippen LogP contribution in [0.2, 0.25) is 0 Å². The molecule has 0 bridgehead atoms. The van der Waals surface area contributed by atoms with Crippen LogP contribution >= 0.6 is 0 Å². The van der Waals surface area contributed by atoms with Crippen LogP contribution in [0.4, 0.5) is 17.5 Å². The van der Waals surface area contributed by atoms with Crippen LogP contribution in [0.1, 0.15) is 12.1 Å². The predicted octanol–water partition coefficient (Wildman–Crippen LogP) is 2.03. The first-order chi connectivity index (χ1) is 14.0. The Morgan fingerprint density at radius 1 is 1.17 bits per heavy atom. The standard InChI is InChI=1S/C20H29N5O4/c1-13-10-17(21-2)24-20(22-13)23-15-6-7-16(27-3)19(18(15)28-4)29-12-14(26)11-25-8-5-9-25/h6-7,10,14,26H,5,8-9,11-12H2,1-4H3,(H2,21,22,23,24)/t14-/m1/s1. The van der Waals surface area contributed by atoms with Crippen LogP contribution in [-0.2, 0) is 0 Å². The van der Waals surface area contributed by atoms with Crippen molar-refractivity contribution in [3.05, 3.63) is 23.9 Å². The number of nitrogens with one attached hydrogen (secondary N) is 2. The van der Waals surface area contributed by atoms with E-state index >= 15 is 0 Å². The smallest absolute Gasteiger partial charge is 0.229 e. The number of β-amino-alcohol motifs (C(OH)–C–C–N with tert-alkyl or cyclic N) is 1. The van der Waals surface area contributed by atoms with Gasteiger partial charge in [0.15, 0.2) is 11.5 Å². The molecule has 1 saturated heterocycles. The van der Waals surface area contributed by atoms with E-state index in [1.807, 2.05) is 19.1 Å². The highest BCUT2D eigenvalue weighted by atomic mass is 16.5.